The highest BCUT2D eigenvalue weighted by Crippen LogP contribution is 2.24. The van der Waals surface area contributed by atoms with E-state index >= 15 is 0 Å². The third-order valence-electron chi connectivity index (χ3n) is 3.59. The zero-order chi connectivity index (χ0) is 12.5. The van der Waals surface area contributed by atoms with Crippen molar-refractivity contribution in [1.29, 1.82) is 0 Å². The monoisotopic (exact) mass is 243 g/mol. The molecule has 1 aliphatic carbocycles. The zero-order valence-corrected chi connectivity index (χ0v) is 10.5. The van der Waals surface area contributed by atoms with Gasteiger partial charge >= 0.3 is 0 Å². The molecule has 18 heavy (non-hydrogen) atoms. The van der Waals surface area contributed by atoms with Crippen LogP contribution in [0, 0.1) is 0 Å². The Kier molecular flexibility index (Phi) is 2.88. The Bertz CT molecular complexity index is 562. The maximum absolute atomic E-state index is 9.73. The smallest absolute Gasteiger partial charge is 0.112 e. The van der Waals surface area contributed by atoms with Crippen molar-refractivity contribution in [3.8, 4) is 5.69 Å². The molecular weight excluding hydrogens is 226 g/mol. The standard InChI is InChI=1S/C14H17N3O/c1-2-14(18)13-9-17(16-15-13)12-7-6-10-4-3-5-11(10)8-12/h6-9,14,18H,2-5H2,1H3. The van der Waals surface area contributed by atoms with Crippen LogP contribution in [-0.2, 0) is 12.8 Å². The number of rotatable bonds is 3. The van der Waals surface area contributed by atoms with Gasteiger partial charge in [-0.15, -0.1) is 5.10 Å². The van der Waals surface area contributed by atoms with Crippen LogP contribution in [0.5, 0.6) is 0 Å². The Morgan fingerprint density at radius 1 is 1.33 bits per heavy atom. The Labute approximate surface area is 106 Å². The third-order valence-corrected chi connectivity index (χ3v) is 3.59. The van der Waals surface area contributed by atoms with Gasteiger partial charge in [0.05, 0.1) is 18.0 Å². The van der Waals surface area contributed by atoms with E-state index in [-0.39, 0.29) is 0 Å². The lowest BCUT2D eigenvalue weighted by atomic mass is 10.1. The van der Waals surface area contributed by atoms with E-state index in [1.54, 1.807) is 4.68 Å². The lowest BCUT2D eigenvalue weighted by molar-refractivity contribution is 0.169. The summed E-state index contributed by atoms with van der Waals surface area (Å²) in [5, 5.41) is 17.8. The fourth-order valence-corrected chi connectivity index (χ4v) is 2.47. The summed E-state index contributed by atoms with van der Waals surface area (Å²) in [5.41, 5.74) is 4.53. The Morgan fingerprint density at radius 2 is 2.17 bits per heavy atom. The molecule has 4 heteroatoms. The fraction of sp³-hybridized carbons (Fsp3) is 0.429. The molecule has 94 valence electrons. The molecule has 1 aromatic heterocycles. The van der Waals surface area contributed by atoms with Crippen molar-refractivity contribution < 1.29 is 5.11 Å². The number of aliphatic hydroxyl groups excluding tert-OH is 1. The molecule has 0 saturated carbocycles. The predicted molar refractivity (Wildman–Crippen MR) is 68.6 cm³/mol. The molecule has 0 aliphatic heterocycles. The second-order valence-corrected chi connectivity index (χ2v) is 4.82. The summed E-state index contributed by atoms with van der Waals surface area (Å²) in [6.07, 6.45) is 5.53. The quantitative estimate of drug-likeness (QED) is 0.899. The number of aromatic nitrogens is 3. The van der Waals surface area contributed by atoms with Gasteiger partial charge in [-0.05, 0) is 48.9 Å². The van der Waals surface area contributed by atoms with Gasteiger partial charge in [-0.3, -0.25) is 0 Å². The molecule has 1 N–H and O–H groups in total. The minimum Gasteiger partial charge on any atom is -0.387 e. The van der Waals surface area contributed by atoms with Gasteiger partial charge < -0.3 is 5.11 Å². The summed E-state index contributed by atoms with van der Waals surface area (Å²) in [7, 11) is 0. The highest BCUT2D eigenvalue weighted by Gasteiger charge is 2.13. The van der Waals surface area contributed by atoms with E-state index in [1.165, 1.54) is 24.0 Å². The van der Waals surface area contributed by atoms with E-state index in [9.17, 15) is 5.11 Å². The largest absolute Gasteiger partial charge is 0.387 e. The molecule has 0 saturated heterocycles. The molecule has 1 unspecified atom stereocenters. The van der Waals surface area contributed by atoms with E-state index < -0.39 is 6.10 Å². The second kappa shape index (κ2) is 4.53. The van der Waals surface area contributed by atoms with Crippen LogP contribution in [-0.4, -0.2) is 20.1 Å². The molecule has 1 atom stereocenters. The first-order valence-corrected chi connectivity index (χ1v) is 6.50. The average molecular weight is 243 g/mol. The number of fused-ring (bicyclic) bond motifs is 1. The molecule has 2 aromatic rings. The molecule has 4 nitrogen and oxygen atoms in total. The lowest BCUT2D eigenvalue weighted by Crippen LogP contribution is -1.96. The number of nitrogens with zero attached hydrogens (tertiary/aromatic N) is 3. The molecule has 1 heterocycles. The van der Waals surface area contributed by atoms with Gasteiger partial charge in [-0.2, -0.15) is 0 Å². The van der Waals surface area contributed by atoms with Crippen molar-refractivity contribution in [2.75, 3.05) is 0 Å². The molecule has 0 spiro atoms. The van der Waals surface area contributed by atoms with E-state index in [0.29, 0.717) is 12.1 Å². The van der Waals surface area contributed by atoms with Crippen molar-refractivity contribution in [2.45, 2.75) is 38.7 Å². The van der Waals surface area contributed by atoms with Crippen LogP contribution < -0.4 is 0 Å². The number of hydrogen-bond acceptors (Lipinski definition) is 3. The molecule has 1 aliphatic rings. The van der Waals surface area contributed by atoms with Crippen LogP contribution in [0.25, 0.3) is 5.69 Å². The van der Waals surface area contributed by atoms with Gasteiger partial charge in [-0.25, -0.2) is 4.68 Å². The summed E-state index contributed by atoms with van der Waals surface area (Å²) in [6.45, 7) is 1.93. The van der Waals surface area contributed by atoms with Gasteiger partial charge in [0.1, 0.15) is 5.69 Å². The first-order valence-electron chi connectivity index (χ1n) is 6.50. The number of aryl methyl sites for hydroxylation is 2. The molecule has 3 rings (SSSR count). The predicted octanol–water partition coefficient (Wildman–Crippen LogP) is 2.20. The highest BCUT2D eigenvalue weighted by molar-refractivity contribution is 5.42. The first kappa shape index (κ1) is 11.4. The van der Waals surface area contributed by atoms with Crippen molar-refractivity contribution in [3.63, 3.8) is 0 Å². The first-order chi connectivity index (χ1) is 8.78. The molecule has 0 amide bonds. The van der Waals surface area contributed by atoms with Crippen LogP contribution in [0.15, 0.2) is 24.4 Å². The minimum atomic E-state index is -0.520. The zero-order valence-electron chi connectivity index (χ0n) is 10.5. The van der Waals surface area contributed by atoms with Crippen molar-refractivity contribution in [2.24, 2.45) is 0 Å². The normalized spacial score (nSPS) is 15.7. The van der Waals surface area contributed by atoms with E-state index in [0.717, 1.165) is 12.1 Å². The van der Waals surface area contributed by atoms with E-state index in [2.05, 4.69) is 28.5 Å². The number of aliphatic hydroxyl groups is 1. The van der Waals surface area contributed by atoms with E-state index in [4.69, 9.17) is 0 Å². The van der Waals surface area contributed by atoms with Crippen LogP contribution in [0.4, 0.5) is 0 Å². The lowest BCUT2D eigenvalue weighted by Gasteiger charge is -2.04. The Hall–Kier alpha value is -1.68. The maximum Gasteiger partial charge on any atom is 0.112 e. The van der Waals surface area contributed by atoms with E-state index in [1.807, 2.05) is 13.1 Å². The maximum atomic E-state index is 9.73. The van der Waals surface area contributed by atoms with Crippen molar-refractivity contribution in [1.82, 2.24) is 15.0 Å². The Balaban J connectivity index is 1.92. The summed E-state index contributed by atoms with van der Waals surface area (Å²) >= 11 is 0. The fourth-order valence-electron chi connectivity index (χ4n) is 2.47. The highest BCUT2D eigenvalue weighted by atomic mass is 16.3. The Morgan fingerprint density at radius 3 is 3.00 bits per heavy atom. The van der Waals surface area contributed by atoms with Crippen LogP contribution in [0.3, 0.4) is 0 Å². The second-order valence-electron chi connectivity index (χ2n) is 4.82. The minimum absolute atomic E-state index is 0.520. The molecule has 0 fully saturated rings. The summed E-state index contributed by atoms with van der Waals surface area (Å²) < 4.78 is 1.74. The van der Waals surface area contributed by atoms with Crippen LogP contribution >= 0.6 is 0 Å². The van der Waals surface area contributed by atoms with Gasteiger partial charge in [0, 0.05) is 0 Å². The molecule has 1 aromatic carbocycles. The summed E-state index contributed by atoms with van der Waals surface area (Å²) in [4.78, 5) is 0. The average Bonchev–Trinajstić information content (AvgIpc) is 3.05. The molecule has 0 radical (unpaired) electrons. The molecule has 0 bridgehead atoms. The van der Waals surface area contributed by atoms with Gasteiger partial charge in [0.2, 0.25) is 0 Å². The summed E-state index contributed by atoms with van der Waals surface area (Å²) in [6, 6.07) is 6.43. The summed E-state index contributed by atoms with van der Waals surface area (Å²) in [5.74, 6) is 0. The SMILES string of the molecule is CCC(O)c1cn(-c2ccc3c(c2)CCC3)nn1. The third kappa shape index (κ3) is 1.93. The number of hydrogen-bond donors (Lipinski definition) is 1. The van der Waals surface area contributed by atoms with Crippen LogP contribution in [0.1, 0.15) is 42.7 Å². The topological polar surface area (TPSA) is 50.9 Å². The van der Waals surface area contributed by atoms with Gasteiger partial charge in [-0.1, -0.05) is 18.2 Å². The molecular formula is C14H17N3O. The van der Waals surface area contributed by atoms with Gasteiger partial charge in [0.15, 0.2) is 0 Å². The van der Waals surface area contributed by atoms with Crippen molar-refractivity contribution in [3.05, 3.63) is 41.2 Å². The van der Waals surface area contributed by atoms with Gasteiger partial charge in [0.25, 0.3) is 0 Å². The van der Waals surface area contributed by atoms with Crippen molar-refractivity contribution >= 4 is 0 Å². The van der Waals surface area contributed by atoms with Crippen LogP contribution in [0.2, 0.25) is 0 Å². The number of benzene rings is 1.